The molecule has 2 aromatic carbocycles. The lowest BCUT2D eigenvalue weighted by molar-refractivity contribution is 0.575. The first-order valence-electron chi connectivity index (χ1n) is 8.25. The number of furan rings is 1. The standard InChI is InChI=1S/C20H15ClFN3OS/c1-13-5-2-6-14(11-13)25-19(18-9-4-10-26-18)23-24-20(25)27-12-15-16(21)7-3-8-17(15)22/h2-11H,12H2,1H3. The topological polar surface area (TPSA) is 43.9 Å². The van der Waals surface area contributed by atoms with Crippen LogP contribution in [0.2, 0.25) is 5.02 Å². The van der Waals surface area contributed by atoms with Gasteiger partial charge >= 0.3 is 0 Å². The Morgan fingerprint density at radius 3 is 2.70 bits per heavy atom. The van der Waals surface area contributed by atoms with Crippen LogP contribution in [-0.2, 0) is 5.75 Å². The van der Waals surface area contributed by atoms with Crippen LogP contribution in [-0.4, -0.2) is 14.8 Å². The molecule has 0 bridgehead atoms. The molecule has 0 unspecified atom stereocenters. The summed E-state index contributed by atoms with van der Waals surface area (Å²) in [6.45, 7) is 2.02. The molecule has 7 heteroatoms. The number of nitrogens with zero attached hydrogens (tertiary/aromatic N) is 3. The highest BCUT2D eigenvalue weighted by Crippen LogP contribution is 2.32. The fraction of sp³-hybridized carbons (Fsp3) is 0.100. The lowest BCUT2D eigenvalue weighted by Crippen LogP contribution is -2.00. The average molecular weight is 400 g/mol. The molecule has 136 valence electrons. The first kappa shape index (κ1) is 17.8. The van der Waals surface area contributed by atoms with E-state index < -0.39 is 0 Å². The molecule has 4 rings (SSSR count). The average Bonchev–Trinajstić information content (AvgIpc) is 3.31. The highest BCUT2D eigenvalue weighted by Gasteiger charge is 2.19. The van der Waals surface area contributed by atoms with Gasteiger partial charge in [0.05, 0.1) is 12.0 Å². The van der Waals surface area contributed by atoms with E-state index in [2.05, 4.69) is 10.2 Å². The van der Waals surface area contributed by atoms with Gasteiger partial charge in [0.2, 0.25) is 5.82 Å². The van der Waals surface area contributed by atoms with Crippen molar-refractivity contribution in [3.8, 4) is 17.3 Å². The van der Waals surface area contributed by atoms with Crippen LogP contribution in [0.15, 0.2) is 70.4 Å². The van der Waals surface area contributed by atoms with Gasteiger partial charge in [0.25, 0.3) is 0 Å². The van der Waals surface area contributed by atoms with Crippen LogP contribution in [0.1, 0.15) is 11.1 Å². The molecule has 0 radical (unpaired) electrons. The summed E-state index contributed by atoms with van der Waals surface area (Å²) in [6, 6.07) is 16.3. The zero-order chi connectivity index (χ0) is 18.8. The van der Waals surface area contributed by atoms with E-state index in [0.717, 1.165) is 11.3 Å². The van der Waals surface area contributed by atoms with Crippen molar-refractivity contribution in [1.82, 2.24) is 14.8 Å². The maximum absolute atomic E-state index is 14.1. The molecule has 0 saturated heterocycles. The number of rotatable bonds is 5. The van der Waals surface area contributed by atoms with Gasteiger partial charge in [0.15, 0.2) is 10.9 Å². The summed E-state index contributed by atoms with van der Waals surface area (Å²) in [5.74, 6) is 1.21. The van der Waals surface area contributed by atoms with Crippen LogP contribution in [0.3, 0.4) is 0 Å². The van der Waals surface area contributed by atoms with Gasteiger partial charge in [0.1, 0.15) is 5.82 Å². The highest BCUT2D eigenvalue weighted by atomic mass is 35.5. The summed E-state index contributed by atoms with van der Waals surface area (Å²) in [7, 11) is 0. The molecular weight excluding hydrogens is 385 g/mol. The minimum atomic E-state index is -0.331. The summed E-state index contributed by atoms with van der Waals surface area (Å²) in [4.78, 5) is 0. The van der Waals surface area contributed by atoms with Crippen LogP contribution >= 0.6 is 23.4 Å². The molecule has 0 aliphatic carbocycles. The van der Waals surface area contributed by atoms with Gasteiger partial charge in [0, 0.05) is 16.3 Å². The smallest absolute Gasteiger partial charge is 0.205 e. The normalized spacial score (nSPS) is 11.1. The molecule has 0 aliphatic rings. The Balaban J connectivity index is 1.75. The first-order chi connectivity index (χ1) is 13.1. The predicted molar refractivity (Wildman–Crippen MR) is 105 cm³/mol. The molecule has 0 saturated carbocycles. The van der Waals surface area contributed by atoms with Crippen molar-refractivity contribution in [2.24, 2.45) is 0 Å². The lowest BCUT2D eigenvalue weighted by atomic mass is 10.2. The van der Waals surface area contributed by atoms with Crippen LogP contribution in [0.25, 0.3) is 17.3 Å². The summed E-state index contributed by atoms with van der Waals surface area (Å²) in [5.41, 5.74) is 2.47. The Kier molecular flexibility index (Phi) is 5.01. The van der Waals surface area contributed by atoms with E-state index in [1.807, 2.05) is 41.8 Å². The Bertz CT molecular complexity index is 1060. The van der Waals surface area contributed by atoms with Crippen LogP contribution in [0.4, 0.5) is 4.39 Å². The minimum Gasteiger partial charge on any atom is -0.461 e. The van der Waals surface area contributed by atoms with E-state index in [4.69, 9.17) is 16.0 Å². The number of thioether (sulfide) groups is 1. The van der Waals surface area contributed by atoms with Crippen molar-refractivity contribution in [1.29, 1.82) is 0 Å². The number of benzene rings is 2. The second-order valence-electron chi connectivity index (χ2n) is 5.95. The Morgan fingerprint density at radius 2 is 1.96 bits per heavy atom. The van der Waals surface area contributed by atoms with E-state index in [0.29, 0.717) is 33.1 Å². The third kappa shape index (κ3) is 3.63. The molecule has 0 N–H and O–H groups in total. The second kappa shape index (κ2) is 7.58. The lowest BCUT2D eigenvalue weighted by Gasteiger charge is -2.10. The van der Waals surface area contributed by atoms with Crippen molar-refractivity contribution in [3.05, 3.63) is 82.8 Å². The van der Waals surface area contributed by atoms with E-state index in [-0.39, 0.29) is 5.82 Å². The molecule has 0 amide bonds. The fourth-order valence-electron chi connectivity index (χ4n) is 2.74. The van der Waals surface area contributed by atoms with Crippen molar-refractivity contribution < 1.29 is 8.81 Å². The Morgan fingerprint density at radius 1 is 1.11 bits per heavy atom. The molecule has 0 atom stereocenters. The van der Waals surface area contributed by atoms with E-state index in [1.54, 1.807) is 24.5 Å². The first-order valence-corrected chi connectivity index (χ1v) is 9.62. The maximum Gasteiger partial charge on any atom is 0.205 e. The van der Waals surface area contributed by atoms with Crippen LogP contribution in [0.5, 0.6) is 0 Å². The van der Waals surface area contributed by atoms with E-state index in [1.165, 1.54) is 17.8 Å². The van der Waals surface area contributed by atoms with Crippen molar-refractivity contribution >= 4 is 23.4 Å². The van der Waals surface area contributed by atoms with Gasteiger partial charge in [-0.25, -0.2) is 4.39 Å². The number of hydrogen-bond acceptors (Lipinski definition) is 4. The number of aromatic nitrogens is 3. The zero-order valence-corrected chi connectivity index (χ0v) is 16.0. The van der Waals surface area contributed by atoms with Gasteiger partial charge in [-0.05, 0) is 48.9 Å². The SMILES string of the molecule is Cc1cccc(-n2c(SCc3c(F)cccc3Cl)nnc2-c2ccco2)c1. The quantitative estimate of drug-likeness (QED) is 0.391. The number of halogens is 2. The van der Waals surface area contributed by atoms with Gasteiger partial charge in [-0.1, -0.05) is 41.6 Å². The van der Waals surface area contributed by atoms with Crippen molar-refractivity contribution in [2.75, 3.05) is 0 Å². The third-order valence-electron chi connectivity index (χ3n) is 4.04. The van der Waals surface area contributed by atoms with Crippen LogP contribution < -0.4 is 0 Å². The summed E-state index contributed by atoms with van der Waals surface area (Å²) >= 11 is 7.52. The van der Waals surface area contributed by atoms with Crippen molar-refractivity contribution in [2.45, 2.75) is 17.8 Å². The largest absolute Gasteiger partial charge is 0.461 e. The molecule has 0 aliphatic heterocycles. The highest BCUT2D eigenvalue weighted by molar-refractivity contribution is 7.98. The van der Waals surface area contributed by atoms with E-state index in [9.17, 15) is 4.39 Å². The molecule has 0 spiro atoms. The Labute approximate surface area is 165 Å². The molecular formula is C20H15ClFN3OS. The molecule has 0 fully saturated rings. The molecule has 27 heavy (non-hydrogen) atoms. The van der Waals surface area contributed by atoms with Gasteiger partial charge in [-0.3, -0.25) is 4.57 Å². The second-order valence-corrected chi connectivity index (χ2v) is 7.30. The third-order valence-corrected chi connectivity index (χ3v) is 5.35. The summed E-state index contributed by atoms with van der Waals surface area (Å²) in [5, 5.41) is 9.63. The van der Waals surface area contributed by atoms with E-state index >= 15 is 0 Å². The molecule has 2 aromatic heterocycles. The Hall–Kier alpha value is -2.57. The van der Waals surface area contributed by atoms with Crippen LogP contribution in [0, 0.1) is 12.7 Å². The maximum atomic E-state index is 14.1. The monoisotopic (exact) mass is 399 g/mol. The zero-order valence-electron chi connectivity index (χ0n) is 14.4. The molecule has 2 heterocycles. The summed E-state index contributed by atoms with van der Waals surface area (Å²) < 4.78 is 21.5. The summed E-state index contributed by atoms with van der Waals surface area (Å²) in [6.07, 6.45) is 1.59. The number of aryl methyl sites for hydroxylation is 1. The fourth-order valence-corrected chi connectivity index (χ4v) is 4.03. The van der Waals surface area contributed by atoms with Gasteiger partial charge in [-0.15, -0.1) is 10.2 Å². The molecule has 4 aromatic rings. The van der Waals surface area contributed by atoms with Gasteiger partial charge in [-0.2, -0.15) is 0 Å². The minimum absolute atomic E-state index is 0.331. The number of hydrogen-bond donors (Lipinski definition) is 0. The predicted octanol–water partition coefficient (Wildman–Crippen LogP) is 5.92. The van der Waals surface area contributed by atoms with Crippen molar-refractivity contribution in [3.63, 3.8) is 0 Å². The van der Waals surface area contributed by atoms with Gasteiger partial charge < -0.3 is 4.42 Å². The molecule has 4 nitrogen and oxygen atoms in total.